The summed E-state index contributed by atoms with van der Waals surface area (Å²) in [4.78, 5) is 27.2. The second kappa shape index (κ2) is 11.4. The average molecular weight is 572 g/mol. The summed E-state index contributed by atoms with van der Waals surface area (Å²) in [6.07, 6.45) is 10.9. The van der Waals surface area contributed by atoms with E-state index < -0.39 is 0 Å². The second-order valence-corrected chi connectivity index (χ2v) is 12.9. The summed E-state index contributed by atoms with van der Waals surface area (Å²) in [7, 11) is 2.18. The average Bonchev–Trinajstić information content (AvgIpc) is 3.26. The fourth-order valence-corrected chi connectivity index (χ4v) is 7.91. The number of likely N-dealkylation sites (N-methyl/N-ethyl adjacent to an activating group) is 1. The van der Waals surface area contributed by atoms with Crippen LogP contribution in [0, 0.1) is 0 Å². The lowest BCUT2D eigenvalue weighted by atomic mass is 9.95. The van der Waals surface area contributed by atoms with Crippen molar-refractivity contribution in [1.29, 1.82) is 0 Å². The van der Waals surface area contributed by atoms with E-state index in [-0.39, 0.29) is 18.0 Å². The fraction of sp³-hybridized carbons (Fsp3) is 0.588. The van der Waals surface area contributed by atoms with E-state index in [1.54, 1.807) is 0 Å². The minimum absolute atomic E-state index is 0.00737. The molecule has 8 nitrogen and oxygen atoms in total. The van der Waals surface area contributed by atoms with Gasteiger partial charge in [-0.2, -0.15) is 0 Å². The zero-order chi connectivity index (χ0) is 28.8. The maximum atomic E-state index is 12.6. The Morgan fingerprint density at radius 1 is 1.12 bits per heavy atom. The maximum Gasteiger partial charge on any atom is 0.259 e. The molecule has 0 spiro atoms. The molecule has 2 aromatic rings. The summed E-state index contributed by atoms with van der Waals surface area (Å²) < 4.78 is 13.1. The lowest BCUT2D eigenvalue weighted by Crippen LogP contribution is -2.62. The molecular formula is C34H45N5O3. The van der Waals surface area contributed by atoms with Gasteiger partial charge in [-0.15, -0.1) is 0 Å². The van der Waals surface area contributed by atoms with Gasteiger partial charge in [0.2, 0.25) is 11.7 Å². The zero-order valence-corrected chi connectivity index (χ0v) is 25.3. The molecular weight excluding hydrogens is 526 g/mol. The van der Waals surface area contributed by atoms with Crippen molar-refractivity contribution >= 4 is 17.3 Å². The van der Waals surface area contributed by atoms with E-state index in [2.05, 4.69) is 53.4 Å². The molecule has 224 valence electrons. The topological polar surface area (TPSA) is 61.4 Å². The number of ether oxygens (including phenoxy) is 2. The smallest absolute Gasteiger partial charge is 0.259 e. The van der Waals surface area contributed by atoms with Crippen molar-refractivity contribution in [1.82, 2.24) is 14.8 Å². The van der Waals surface area contributed by atoms with Crippen molar-refractivity contribution in [2.45, 2.75) is 83.0 Å². The number of carbonyl (C=O) groups excluding carboxylic acids is 1. The van der Waals surface area contributed by atoms with Crippen LogP contribution in [0.15, 0.2) is 30.9 Å². The highest BCUT2D eigenvalue weighted by atomic mass is 16.5. The van der Waals surface area contributed by atoms with Crippen LogP contribution in [-0.2, 0) is 30.6 Å². The maximum absolute atomic E-state index is 12.6. The van der Waals surface area contributed by atoms with Gasteiger partial charge in [-0.3, -0.25) is 4.79 Å². The lowest BCUT2D eigenvalue weighted by Gasteiger charge is -2.49. The van der Waals surface area contributed by atoms with Gasteiger partial charge in [0.1, 0.15) is 13.2 Å². The quantitative estimate of drug-likeness (QED) is 0.390. The highest BCUT2D eigenvalue weighted by Gasteiger charge is 2.42. The minimum atomic E-state index is -0.00737. The summed E-state index contributed by atoms with van der Waals surface area (Å²) >= 11 is 0. The van der Waals surface area contributed by atoms with Gasteiger partial charge in [0.05, 0.1) is 24.0 Å². The van der Waals surface area contributed by atoms with Gasteiger partial charge in [0.15, 0.2) is 0 Å². The number of pyridine rings is 1. The molecule has 8 heteroatoms. The number of likely N-dealkylation sites (tertiary alicyclic amines) is 1. The minimum Gasteiger partial charge on any atom is -0.484 e. The van der Waals surface area contributed by atoms with Gasteiger partial charge in [0.25, 0.3) is 5.88 Å². The van der Waals surface area contributed by atoms with Crippen molar-refractivity contribution in [3.05, 3.63) is 53.2 Å². The summed E-state index contributed by atoms with van der Waals surface area (Å²) in [5.74, 6) is 1.42. The van der Waals surface area contributed by atoms with Crippen molar-refractivity contribution in [3.8, 4) is 11.6 Å². The summed E-state index contributed by atoms with van der Waals surface area (Å²) in [5.41, 5.74) is 7.98. The number of piperazine rings is 1. The summed E-state index contributed by atoms with van der Waals surface area (Å²) in [6.45, 7) is 11.2. The highest BCUT2D eigenvalue weighted by molar-refractivity contribution is 5.87. The second-order valence-electron chi connectivity index (χ2n) is 12.9. The SMILES string of the molecule is C=CC(=O)N1C[C@@H]2COc3c(OC[C@@H]4CCCN4C)nc4c(c3N2C[C@H]1C)CCN(c1cccc2c1CCCCC2)C4. The molecule has 2 fully saturated rings. The van der Waals surface area contributed by atoms with Gasteiger partial charge >= 0.3 is 0 Å². The lowest BCUT2D eigenvalue weighted by molar-refractivity contribution is -0.129. The predicted octanol–water partition coefficient (Wildman–Crippen LogP) is 4.37. The Bertz CT molecular complexity index is 1360. The van der Waals surface area contributed by atoms with E-state index in [0.29, 0.717) is 31.7 Å². The van der Waals surface area contributed by atoms with Gasteiger partial charge in [-0.25, -0.2) is 4.98 Å². The van der Waals surface area contributed by atoms with Crippen molar-refractivity contribution < 1.29 is 14.3 Å². The van der Waals surface area contributed by atoms with Crippen LogP contribution in [-0.4, -0.2) is 85.3 Å². The number of aryl methyl sites for hydroxylation is 1. The van der Waals surface area contributed by atoms with E-state index in [9.17, 15) is 4.79 Å². The normalized spacial score (nSPS) is 25.5. The molecule has 2 saturated heterocycles. The third kappa shape index (κ3) is 4.91. The third-order valence-electron chi connectivity index (χ3n) is 10.3. The first kappa shape index (κ1) is 27.6. The third-order valence-corrected chi connectivity index (χ3v) is 10.3. The number of rotatable bonds is 5. The molecule has 1 amide bonds. The Hall–Kier alpha value is -3.26. The molecule has 1 aromatic heterocycles. The molecule has 5 heterocycles. The molecule has 3 atom stereocenters. The number of carbonyl (C=O) groups is 1. The standard InChI is InChI=1S/C34H45N5O3/c1-4-31(40)38-19-26-22-41-33-32(39(26)18-23(38)2)28-15-17-37(30-14-8-11-24-10-6-5-7-13-27(24)30)20-29(28)35-34(33)42-21-25-12-9-16-36(25)3/h4,8,11,14,23,25-26H,1,5-7,9-10,12-13,15-22H2,2-3H3/t23-,25+,26-/m1/s1. The van der Waals surface area contributed by atoms with Gasteiger partial charge in [-0.1, -0.05) is 25.1 Å². The Morgan fingerprint density at radius 3 is 2.83 bits per heavy atom. The summed E-state index contributed by atoms with van der Waals surface area (Å²) in [6, 6.07) is 7.47. The first-order valence-electron chi connectivity index (χ1n) is 16.1. The Labute approximate surface area is 250 Å². The number of fused-ring (bicyclic) bond motifs is 6. The monoisotopic (exact) mass is 571 g/mol. The van der Waals surface area contributed by atoms with Crippen LogP contribution >= 0.6 is 0 Å². The summed E-state index contributed by atoms with van der Waals surface area (Å²) in [5, 5.41) is 0. The van der Waals surface area contributed by atoms with Gasteiger partial charge in [0, 0.05) is 43.0 Å². The molecule has 42 heavy (non-hydrogen) atoms. The molecule has 0 bridgehead atoms. The van der Waals surface area contributed by atoms with Crippen LogP contribution < -0.4 is 19.3 Å². The molecule has 0 radical (unpaired) electrons. The fourth-order valence-electron chi connectivity index (χ4n) is 7.91. The van der Waals surface area contributed by atoms with E-state index in [4.69, 9.17) is 14.5 Å². The van der Waals surface area contributed by atoms with Crippen molar-refractivity contribution in [2.75, 3.05) is 56.2 Å². The van der Waals surface area contributed by atoms with Crippen molar-refractivity contribution in [3.63, 3.8) is 0 Å². The molecule has 0 unspecified atom stereocenters. The molecule has 0 saturated carbocycles. The number of anilines is 2. The van der Waals surface area contributed by atoms with Crippen LogP contribution in [0.1, 0.15) is 61.4 Å². The number of benzene rings is 1. The largest absolute Gasteiger partial charge is 0.484 e. The first-order chi connectivity index (χ1) is 20.5. The molecule has 7 rings (SSSR count). The van der Waals surface area contributed by atoms with E-state index in [1.807, 2.05) is 4.90 Å². The molecule has 1 aromatic carbocycles. The van der Waals surface area contributed by atoms with Crippen LogP contribution in [0.5, 0.6) is 11.6 Å². The van der Waals surface area contributed by atoms with E-state index in [0.717, 1.165) is 62.6 Å². The van der Waals surface area contributed by atoms with E-state index >= 15 is 0 Å². The number of hydrogen-bond acceptors (Lipinski definition) is 7. The Kier molecular flexibility index (Phi) is 7.51. The van der Waals surface area contributed by atoms with Crippen LogP contribution in [0.3, 0.4) is 0 Å². The van der Waals surface area contributed by atoms with Crippen LogP contribution in [0.4, 0.5) is 11.4 Å². The molecule has 5 aliphatic rings. The zero-order valence-electron chi connectivity index (χ0n) is 25.3. The molecule has 0 N–H and O–H groups in total. The van der Waals surface area contributed by atoms with Gasteiger partial charge in [-0.05, 0) is 88.7 Å². The van der Waals surface area contributed by atoms with Crippen molar-refractivity contribution in [2.24, 2.45) is 0 Å². The first-order valence-corrected chi connectivity index (χ1v) is 16.1. The number of hydrogen-bond donors (Lipinski definition) is 0. The number of amides is 1. The predicted molar refractivity (Wildman–Crippen MR) is 166 cm³/mol. The van der Waals surface area contributed by atoms with Gasteiger partial charge < -0.3 is 29.1 Å². The number of aromatic nitrogens is 1. The molecule has 1 aliphatic carbocycles. The van der Waals surface area contributed by atoms with Crippen LogP contribution in [0.2, 0.25) is 0 Å². The Morgan fingerprint density at radius 2 is 2.00 bits per heavy atom. The molecule has 4 aliphatic heterocycles. The van der Waals surface area contributed by atoms with E-state index in [1.165, 1.54) is 60.6 Å². The van der Waals surface area contributed by atoms with Crippen LogP contribution in [0.25, 0.3) is 0 Å². The number of nitrogens with zero attached hydrogens (tertiary/aromatic N) is 5. The Balaban J connectivity index is 1.25. The highest BCUT2D eigenvalue weighted by Crippen LogP contribution is 2.47.